The molecule has 1 saturated heterocycles. The molecule has 1 fully saturated rings. The third-order valence-electron chi connectivity index (χ3n) is 4.42. The Labute approximate surface area is 161 Å². The van der Waals surface area contributed by atoms with Gasteiger partial charge >= 0.3 is 0 Å². The van der Waals surface area contributed by atoms with E-state index in [1.165, 1.54) is 6.07 Å². The van der Waals surface area contributed by atoms with Crippen molar-refractivity contribution in [2.45, 2.75) is 6.42 Å². The van der Waals surface area contributed by atoms with Crippen molar-refractivity contribution < 1.29 is 9.13 Å². The average Bonchev–Trinajstić information content (AvgIpc) is 2.72. The van der Waals surface area contributed by atoms with Crippen molar-refractivity contribution in [2.24, 2.45) is 5.10 Å². The lowest BCUT2D eigenvalue weighted by Gasteiger charge is -2.36. The normalized spacial score (nSPS) is 18.0. The Morgan fingerprint density at radius 3 is 2.81 bits per heavy atom. The van der Waals surface area contributed by atoms with E-state index in [-0.39, 0.29) is 0 Å². The molecule has 0 amide bonds. The van der Waals surface area contributed by atoms with Crippen molar-refractivity contribution in [3.05, 3.63) is 42.4 Å². The number of halogens is 1. The number of nitrogens with zero attached hydrogens (tertiary/aromatic N) is 6. The van der Waals surface area contributed by atoms with Gasteiger partial charge in [0.2, 0.25) is 0 Å². The van der Waals surface area contributed by atoms with Gasteiger partial charge in [-0.15, -0.1) is 0 Å². The van der Waals surface area contributed by atoms with E-state index < -0.39 is 5.82 Å². The van der Waals surface area contributed by atoms with Gasteiger partial charge in [0.15, 0.2) is 5.11 Å². The van der Waals surface area contributed by atoms with Crippen LogP contribution in [-0.2, 0) is 0 Å². The Hall–Kier alpha value is -2.88. The van der Waals surface area contributed by atoms with Gasteiger partial charge in [-0.25, -0.2) is 14.4 Å². The summed E-state index contributed by atoms with van der Waals surface area (Å²) in [6.45, 7) is 3.55. The van der Waals surface area contributed by atoms with Crippen molar-refractivity contribution in [1.29, 1.82) is 0 Å². The Bertz CT molecular complexity index is 856. The second-order valence-electron chi connectivity index (χ2n) is 6.11. The predicted molar refractivity (Wildman–Crippen MR) is 102 cm³/mol. The number of ether oxygens (including phenoxy) is 1. The van der Waals surface area contributed by atoms with Crippen LogP contribution in [0.1, 0.15) is 12.1 Å². The standard InChI is InChI=1S/C17H18FN7OS/c18-12-9-14-16(21-10-12)13(1-8-26-14)22-23-17(27)25-6-4-24(5-7-25)15-11-19-2-3-20-15/h2-3,9-11H,1,4-8H2,(H,23,27)/b22-13-. The number of fused-ring (bicyclic) bond motifs is 1. The number of piperazine rings is 1. The molecule has 0 atom stereocenters. The van der Waals surface area contributed by atoms with Crippen LogP contribution in [0.3, 0.4) is 0 Å². The minimum absolute atomic E-state index is 0.408. The van der Waals surface area contributed by atoms with Crippen LogP contribution >= 0.6 is 12.2 Å². The zero-order valence-electron chi connectivity index (χ0n) is 14.5. The van der Waals surface area contributed by atoms with E-state index in [1.54, 1.807) is 18.6 Å². The second kappa shape index (κ2) is 7.78. The van der Waals surface area contributed by atoms with Crippen LogP contribution in [0.4, 0.5) is 10.2 Å². The molecular formula is C17H18FN7OS. The largest absolute Gasteiger partial charge is 0.491 e. The lowest BCUT2D eigenvalue weighted by Crippen LogP contribution is -2.51. The number of pyridine rings is 1. The lowest BCUT2D eigenvalue weighted by atomic mass is 10.1. The van der Waals surface area contributed by atoms with E-state index in [0.717, 1.165) is 38.2 Å². The van der Waals surface area contributed by atoms with E-state index >= 15 is 0 Å². The van der Waals surface area contributed by atoms with Gasteiger partial charge in [-0.05, 0) is 12.2 Å². The monoisotopic (exact) mass is 387 g/mol. The molecule has 2 aliphatic rings. The molecule has 2 aliphatic heterocycles. The molecule has 10 heteroatoms. The fourth-order valence-corrected chi connectivity index (χ4v) is 3.24. The molecule has 2 aromatic rings. The fraction of sp³-hybridized carbons (Fsp3) is 0.353. The van der Waals surface area contributed by atoms with E-state index in [9.17, 15) is 4.39 Å². The molecular weight excluding hydrogens is 369 g/mol. The molecule has 27 heavy (non-hydrogen) atoms. The van der Waals surface area contributed by atoms with Crippen LogP contribution in [-0.4, -0.2) is 63.5 Å². The zero-order valence-corrected chi connectivity index (χ0v) is 15.3. The molecule has 8 nitrogen and oxygen atoms in total. The predicted octanol–water partition coefficient (Wildman–Crippen LogP) is 1.19. The van der Waals surface area contributed by atoms with Gasteiger partial charge in [0, 0.05) is 51.1 Å². The SMILES string of the molecule is Fc1cnc2c(c1)OCC/C2=N/NC(=S)N1CCN(c2cnccn2)CC1. The molecule has 0 unspecified atom stereocenters. The van der Waals surface area contributed by atoms with Crippen molar-refractivity contribution in [3.8, 4) is 5.75 Å². The maximum Gasteiger partial charge on any atom is 0.189 e. The molecule has 0 spiro atoms. The van der Waals surface area contributed by atoms with Gasteiger partial charge in [0.05, 0.1) is 24.7 Å². The van der Waals surface area contributed by atoms with Crippen LogP contribution in [0.15, 0.2) is 36.0 Å². The Balaban J connectivity index is 1.36. The Morgan fingerprint density at radius 1 is 1.19 bits per heavy atom. The van der Waals surface area contributed by atoms with E-state index in [4.69, 9.17) is 17.0 Å². The molecule has 4 rings (SSSR count). The number of rotatable bonds is 2. The molecule has 0 aliphatic carbocycles. The third-order valence-corrected chi connectivity index (χ3v) is 4.77. The van der Waals surface area contributed by atoms with Crippen molar-refractivity contribution in [1.82, 2.24) is 25.3 Å². The minimum Gasteiger partial charge on any atom is -0.491 e. The van der Waals surface area contributed by atoms with Crippen LogP contribution in [0.2, 0.25) is 0 Å². The van der Waals surface area contributed by atoms with Gasteiger partial charge in [-0.1, -0.05) is 0 Å². The number of hydrogen-bond acceptors (Lipinski definition) is 7. The first-order valence-corrected chi connectivity index (χ1v) is 9.03. The molecule has 0 aromatic carbocycles. The average molecular weight is 387 g/mol. The van der Waals surface area contributed by atoms with Crippen LogP contribution < -0.4 is 15.1 Å². The van der Waals surface area contributed by atoms with Gasteiger partial charge in [0.1, 0.15) is 23.1 Å². The maximum atomic E-state index is 13.3. The van der Waals surface area contributed by atoms with Gasteiger partial charge in [-0.3, -0.25) is 10.4 Å². The van der Waals surface area contributed by atoms with Gasteiger partial charge in [0.25, 0.3) is 0 Å². The number of thiocarbonyl (C=S) groups is 1. The van der Waals surface area contributed by atoms with Crippen molar-refractivity contribution >= 4 is 28.9 Å². The molecule has 4 heterocycles. The quantitative estimate of drug-likeness (QED) is 0.608. The second-order valence-corrected chi connectivity index (χ2v) is 6.50. The highest BCUT2D eigenvalue weighted by Crippen LogP contribution is 2.23. The molecule has 0 bridgehead atoms. The summed E-state index contributed by atoms with van der Waals surface area (Å²) in [4.78, 5) is 16.8. The zero-order chi connectivity index (χ0) is 18.6. The summed E-state index contributed by atoms with van der Waals surface area (Å²) in [7, 11) is 0. The van der Waals surface area contributed by atoms with Gasteiger partial charge < -0.3 is 14.5 Å². The molecule has 2 aromatic heterocycles. The minimum atomic E-state index is -0.431. The first-order chi connectivity index (χ1) is 13.2. The first-order valence-electron chi connectivity index (χ1n) is 8.62. The smallest absolute Gasteiger partial charge is 0.189 e. The number of anilines is 1. The lowest BCUT2D eigenvalue weighted by molar-refractivity contribution is 0.316. The van der Waals surface area contributed by atoms with Crippen LogP contribution in [0.5, 0.6) is 5.75 Å². The topological polar surface area (TPSA) is 78.8 Å². The summed E-state index contributed by atoms with van der Waals surface area (Å²) in [5, 5.41) is 4.94. The molecule has 1 N–H and O–H groups in total. The summed E-state index contributed by atoms with van der Waals surface area (Å²) in [6.07, 6.45) is 6.86. The number of nitrogens with one attached hydrogen (secondary N) is 1. The maximum absolute atomic E-state index is 13.3. The molecule has 140 valence electrons. The number of hydrogen-bond donors (Lipinski definition) is 1. The highest BCUT2D eigenvalue weighted by atomic mass is 32.1. The molecule has 0 saturated carbocycles. The van der Waals surface area contributed by atoms with Crippen LogP contribution in [0, 0.1) is 5.82 Å². The van der Waals surface area contributed by atoms with Crippen molar-refractivity contribution in [2.75, 3.05) is 37.7 Å². The summed E-state index contributed by atoms with van der Waals surface area (Å²) < 4.78 is 18.7. The first kappa shape index (κ1) is 17.5. The number of hydrazone groups is 1. The van der Waals surface area contributed by atoms with E-state index in [2.05, 4.69) is 35.3 Å². The Morgan fingerprint density at radius 2 is 2.04 bits per heavy atom. The highest BCUT2D eigenvalue weighted by Gasteiger charge is 2.22. The van der Waals surface area contributed by atoms with Gasteiger partial charge in [-0.2, -0.15) is 5.10 Å². The summed E-state index contributed by atoms with van der Waals surface area (Å²) in [5.41, 5.74) is 4.19. The Kier molecular flexibility index (Phi) is 5.05. The number of aromatic nitrogens is 3. The highest BCUT2D eigenvalue weighted by molar-refractivity contribution is 7.80. The van der Waals surface area contributed by atoms with E-state index in [0.29, 0.717) is 35.3 Å². The summed E-state index contributed by atoms with van der Waals surface area (Å²) >= 11 is 5.47. The van der Waals surface area contributed by atoms with Crippen LogP contribution in [0.25, 0.3) is 0 Å². The molecule has 0 radical (unpaired) electrons. The van der Waals surface area contributed by atoms with Crippen molar-refractivity contribution in [3.63, 3.8) is 0 Å². The fourth-order valence-electron chi connectivity index (χ4n) is 3.01. The summed E-state index contributed by atoms with van der Waals surface area (Å²) in [6, 6.07) is 1.32. The third kappa shape index (κ3) is 3.95. The summed E-state index contributed by atoms with van der Waals surface area (Å²) in [5.74, 6) is 0.846. The van der Waals surface area contributed by atoms with E-state index in [1.807, 2.05) is 0 Å².